The van der Waals surface area contributed by atoms with Gasteiger partial charge in [-0.1, -0.05) is 33.6 Å². The van der Waals surface area contributed by atoms with E-state index >= 15 is 0 Å². The van der Waals surface area contributed by atoms with Crippen LogP contribution in [0.1, 0.15) is 5.56 Å². The van der Waals surface area contributed by atoms with Crippen LogP contribution in [0.3, 0.4) is 0 Å². The summed E-state index contributed by atoms with van der Waals surface area (Å²) in [5.41, 5.74) is 1.88. The van der Waals surface area contributed by atoms with Gasteiger partial charge in [-0.05, 0) is 39.7 Å². The van der Waals surface area contributed by atoms with Gasteiger partial charge in [0.25, 0.3) is 5.69 Å². The maximum Gasteiger partial charge on any atom is 0.270 e. The van der Waals surface area contributed by atoms with Crippen molar-refractivity contribution in [3.8, 4) is 0 Å². The Bertz CT molecular complexity index is 665. The van der Waals surface area contributed by atoms with Gasteiger partial charge < -0.3 is 5.32 Å². The minimum Gasteiger partial charge on any atom is -0.380 e. The highest BCUT2D eigenvalue weighted by atomic mass is 79.9. The van der Waals surface area contributed by atoms with Crippen LogP contribution in [-0.2, 0) is 6.54 Å². The second kappa shape index (κ2) is 6.56. The van der Waals surface area contributed by atoms with E-state index in [0.717, 1.165) is 15.7 Å². The summed E-state index contributed by atoms with van der Waals surface area (Å²) in [4.78, 5) is 10.2. The second-order valence-corrected chi connectivity index (χ2v) is 6.16. The zero-order valence-electron chi connectivity index (χ0n) is 10.1. The molecule has 20 heavy (non-hydrogen) atoms. The molecule has 4 nitrogen and oxygen atoms in total. The van der Waals surface area contributed by atoms with Crippen LogP contribution in [0, 0.1) is 10.1 Å². The third kappa shape index (κ3) is 3.71. The van der Waals surface area contributed by atoms with E-state index < -0.39 is 4.92 Å². The number of nitrogens with one attached hydrogen (secondary N) is 1. The topological polar surface area (TPSA) is 55.2 Å². The third-order valence-electron chi connectivity index (χ3n) is 2.65. The molecule has 0 bridgehead atoms. The Balaban J connectivity index is 2.13. The fourth-order valence-electron chi connectivity index (χ4n) is 1.62. The van der Waals surface area contributed by atoms with E-state index in [1.165, 1.54) is 12.1 Å². The number of nitro groups is 1. The lowest BCUT2D eigenvalue weighted by atomic mass is 10.2. The van der Waals surface area contributed by atoms with Crippen LogP contribution in [0.5, 0.6) is 0 Å². The van der Waals surface area contributed by atoms with E-state index in [4.69, 9.17) is 11.6 Å². The van der Waals surface area contributed by atoms with Crippen LogP contribution in [0.25, 0.3) is 0 Å². The molecule has 2 rings (SSSR count). The van der Waals surface area contributed by atoms with Gasteiger partial charge in [-0.3, -0.25) is 10.1 Å². The van der Waals surface area contributed by atoms with Crippen molar-refractivity contribution < 1.29 is 4.92 Å². The Hall–Kier alpha value is -1.11. The zero-order valence-corrected chi connectivity index (χ0v) is 14.0. The minimum atomic E-state index is -0.426. The van der Waals surface area contributed by atoms with Crippen molar-refractivity contribution in [1.29, 1.82) is 0 Å². The van der Waals surface area contributed by atoms with Gasteiger partial charge >= 0.3 is 0 Å². The minimum absolute atomic E-state index is 0.0510. The summed E-state index contributed by atoms with van der Waals surface area (Å²) in [6, 6.07) is 10.2. The molecule has 0 unspecified atom stereocenters. The van der Waals surface area contributed by atoms with Crippen LogP contribution < -0.4 is 5.32 Å². The first-order valence-electron chi connectivity index (χ1n) is 5.59. The van der Waals surface area contributed by atoms with Crippen molar-refractivity contribution in [2.75, 3.05) is 5.32 Å². The lowest BCUT2D eigenvalue weighted by Crippen LogP contribution is -2.01. The predicted octanol–water partition coefficient (Wildman–Crippen LogP) is 5.39. The quantitative estimate of drug-likeness (QED) is 0.533. The van der Waals surface area contributed by atoms with Gasteiger partial charge in [-0.2, -0.15) is 0 Å². The molecule has 0 aliphatic heterocycles. The van der Waals surface area contributed by atoms with Gasteiger partial charge in [0.15, 0.2) is 0 Å². The van der Waals surface area contributed by atoms with Gasteiger partial charge in [-0.15, -0.1) is 0 Å². The van der Waals surface area contributed by atoms with Crippen molar-refractivity contribution in [2.45, 2.75) is 6.54 Å². The number of nitro benzene ring substituents is 1. The van der Waals surface area contributed by atoms with E-state index in [1.54, 1.807) is 6.07 Å². The lowest BCUT2D eigenvalue weighted by Gasteiger charge is -2.10. The molecule has 0 fully saturated rings. The number of hydrogen-bond donors (Lipinski definition) is 1. The largest absolute Gasteiger partial charge is 0.380 e. The fourth-order valence-corrected chi connectivity index (χ4v) is 2.95. The predicted molar refractivity (Wildman–Crippen MR) is 87.3 cm³/mol. The first kappa shape index (κ1) is 15.3. The molecule has 2 aromatic carbocycles. The fraction of sp³-hybridized carbons (Fsp3) is 0.0769. The molecule has 0 spiro atoms. The Morgan fingerprint density at radius 2 is 1.90 bits per heavy atom. The summed E-state index contributed by atoms with van der Waals surface area (Å²) >= 11 is 12.6. The van der Waals surface area contributed by atoms with Crippen LogP contribution >= 0.6 is 43.5 Å². The van der Waals surface area contributed by atoms with E-state index in [1.807, 2.05) is 18.2 Å². The molecular weight excluding hydrogens is 411 g/mol. The number of rotatable bonds is 4. The van der Waals surface area contributed by atoms with Gasteiger partial charge in [0.2, 0.25) is 0 Å². The molecule has 0 saturated carbocycles. The molecule has 0 heterocycles. The Morgan fingerprint density at radius 3 is 2.50 bits per heavy atom. The molecule has 0 saturated heterocycles. The van der Waals surface area contributed by atoms with Crippen molar-refractivity contribution in [3.05, 3.63) is 66.0 Å². The van der Waals surface area contributed by atoms with E-state index in [2.05, 4.69) is 37.2 Å². The maximum atomic E-state index is 10.7. The number of non-ortho nitro benzene ring substituents is 1. The monoisotopic (exact) mass is 418 g/mol. The summed E-state index contributed by atoms with van der Waals surface area (Å²) in [5, 5.41) is 14.5. The summed E-state index contributed by atoms with van der Waals surface area (Å²) in [7, 11) is 0. The van der Waals surface area contributed by atoms with Crippen molar-refractivity contribution in [3.63, 3.8) is 0 Å². The first-order valence-corrected chi connectivity index (χ1v) is 7.55. The van der Waals surface area contributed by atoms with Crippen molar-refractivity contribution in [2.24, 2.45) is 0 Å². The SMILES string of the molecule is O=[N+]([O-])c1ccc(NCc2ccc(Cl)cc2Br)c(Br)c1. The molecule has 7 heteroatoms. The van der Waals surface area contributed by atoms with Crippen LogP contribution in [0.2, 0.25) is 5.02 Å². The smallest absolute Gasteiger partial charge is 0.270 e. The average Bonchev–Trinajstić information content (AvgIpc) is 2.38. The van der Waals surface area contributed by atoms with Crippen molar-refractivity contribution in [1.82, 2.24) is 0 Å². The maximum absolute atomic E-state index is 10.7. The molecule has 0 aromatic heterocycles. The highest BCUT2D eigenvalue weighted by Gasteiger charge is 2.09. The van der Waals surface area contributed by atoms with Crippen LogP contribution in [-0.4, -0.2) is 4.92 Å². The molecule has 0 radical (unpaired) electrons. The molecule has 0 aliphatic rings. The van der Waals surface area contributed by atoms with Crippen LogP contribution in [0.15, 0.2) is 45.3 Å². The van der Waals surface area contributed by atoms with E-state index in [0.29, 0.717) is 16.0 Å². The number of hydrogen-bond acceptors (Lipinski definition) is 3. The molecule has 0 aliphatic carbocycles. The first-order chi connectivity index (χ1) is 9.47. The normalized spacial score (nSPS) is 10.3. The Morgan fingerprint density at radius 1 is 1.15 bits per heavy atom. The lowest BCUT2D eigenvalue weighted by molar-refractivity contribution is -0.384. The molecule has 1 N–H and O–H groups in total. The van der Waals surface area contributed by atoms with Gasteiger partial charge in [-0.25, -0.2) is 0 Å². The zero-order chi connectivity index (χ0) is 14.7. The van der Waals surface area contributed by atoms with Crippen molar-refractivity contribution >= 4 is 54.8 Å². The third-order valence-corrected chi connectivity index (χ3v) is 4.28. The molecule has 2 aromatic rings. The molecule has 0 amide bonds. The number of nitrogens with zero attached hydrogens (tertiary/aromatic N) is 1. The molecular formula is C13H9Br2ClN2O2. The summed E-state index contributed by atoms with van der Waals surface area (Å²) in [6.07, 6.45) is 0. The Labute approximate surface area is 137 Å². The number of benzene rings is 2. The van der Waals surface area contributed by atoms with Gasteiger partial charge in [0.1, 0.15) is 0 Å². The number of halogens is 3. The standard InChI is InChI=1S/C13H9Br2ClN2O2/c14-11-5-9(16)2-1-8(11)7-17-13-4-3-10(18(19)20)6-12(13)15/h1-6,17H,7H2. The average molecular weight is 420 g/mol. The highest BCUT2D eigenvalue weighted by Crippen LogP contribution is 2.28. The highest BCUT2D eigenvalue weighted by molar-refractivity contribution is 9.11. The van der Waals surface area contributed by atoms with Gasteiger partial charge in [0, 0.05) is 38.3 Å². The summed E-state index contributed by atoms with van der Waals surface area (Å²) in [6.45, 7) is 0.578. The molecule has 0 atom stereocenters. The Kier molecular flexibility index (Phi) is 5.01. The summed E-state index contributed by atoms with van der Waals surface area (Å²) < 4.78 is 1.56. The second-order valence-electron chi connectivity index (χ2n) is 4.01. The van der Waals surface area contributed by atoms with E-state index in [-0.39, 0.29) is 5.69 Å². The van der Waals surface area contributed by atoms with Gasteiger partial charge in [0.05, 0.1) is 4.92 Å². The summed E-state index contributed by atoms with van der Waals surface area (Å²) in [5.74, 6) is 0. The molecule has 104 valence electrons. The van der Waals surface area contributed by atoms with Crippen LogP contribution in [0.4, 0.5) is 11.4 Å². The number of anilines is 1. The van der Waals surface area contributed by atoms with E-state index in [9.17, 15) is 10.1 Å².